The molecule has 0 aliphatic rings. The Hall–Kier alpha value is -2.56. The van der Waals surface area contributed by atoms with Crippen molar-refractivity contribution < 1.29 is 4.74 Å². The summed E-state index contributed by atoms with van der Waals surface area (Å²) in [5, 5.41) is 0. The summed E-state index contributed by atoms with van der Waals surface area (Å²) in [6.45, 7) is 0. The average molecular weight is 255 g/mol. The summed E-state index contributed by atoms with van der Waals surface area (Å²) in [6.07, 6.45) is 5.02. The number of hydrogen-bond acceptors (Lipinski definition) is 3. The van der Waals surface area contributed by atoms with Crippen LogP contribution in [-0.2, 0) is 7.05 Å². The molecular formula is C14H13N3O2. The van der Waals surface area contributed by atoms with E-state index in [2.05, 4.69) is 4.98 Å². The first kappa shape index (κ1) is 11.5. The molecule has 0 spiro atoms. The lowest BCUT2D eigenvalue weighted by Crippen LogP contribution is -2.18. The van der Waals surface area contributed by atoms with Gasteiger partial charge in [-0.05, 0) is 12.1 Å². The fourth-order valence-electron chi connectivity index (χ4n) is 2.13. The van der Waals surface area contributed by atoms with Crippen LogP contribution in [0.15, 0.2) is 47.8 Å². The Morgan fingerprint density at radius 1 is 1.32 bits per heavy atom. The van der Waals surface area contributed by atoms with Gasteiger partial charge in [-0.25, -0.2) is 4.98 Å². The third-order valence-electron chi connectivity index (χ3n) is 3.12. The van der Waals surface area contributed by atoms with Gasteiger partial charge in [-0.3, -0.25) is 9.20 Å². The first-order valence-corrected chi connectivity index (χ1v) is 5.87. The average Bonchev–Trinajstić information content (AvgIpc) is 2.92. The molecule has 2 heterocycles. The lowest BCUT2D eigenvalue weighted by Gasteiger charge is -2.09. The van der Waals surface area contributed by atoms with E-state index in [1.54, 1.807) is 41.8 Å². The fourth-order valence-corrected chi connectivity index (χ4v) is 2.13. The number of nitrogens with zero attached hydrogens (tertiary/aromatic N) is 3. The van der Waals surface area contributed by atoms with E-state index in [1.807, 2.05) is 24.3 Å². The molecule has 0 N–H and O–H groups in total. The van der Waals surface area contributed by atoms with E-state index < -0.39 is 0 Å². The standard InChI is InChI=1S/C14H13N3O2/c1-16-8-13(10-4-3-5-11(6-10)19-2)17-9-15-7-12(17)14(16)18/h3-9H,1-2H3. The molecule has 0 aliphatic heterocycles. The number of imidazole rings is 1. The number of aromatic nitrogens is 3. The number of benzene rings is 1. The quantitative estimate of drug-likeness (QED) is 0.700. The van der Waals surface area contributed by atoms with Crippen LogP contribution < -0.4 is 10.3 Å². The molecule has 0 saturated heterocycles. The second-order valence-electron chi connectivity index (χ2n) is 4.31. The smallest absolute Gasteiger partial charge is 0.276 e. The molecule has 0 bridgehead atoms. The van der Waals surface area contributed by atoms with Crippen molar-refractivity contribution in [2.45, 2.75) is 0 Å². The van der Waals surface area contributed by atoms with Crippen LogP contribution in [0.3, 0.4) is 0 Å². The normalized spacial score (nSPS) is 10.8. The monoisotopic (exact) mass is 255 g/mol. The molecule has 5 heteroatoms. The maximum absolute atomic E-state index is 12.0. The number of fused-ring (bicyclic) bond motifs is 1. The molecular weight excluding hydrogens is 242 g/mol. The van der Waals surface area contributed by atoms with Gasteiger partial charge in [-0.15, -0.1) is 0 Å². The van der Waals surface area contributed by atoms with Crippen LogP contribution >= 0.6 is 0 Å². The van der Waals surface area contributed by atoms with Gasteiger partial charge in [-0.1, -0.05) is 12.1 Å². The third-order valence-corrected chi connectivity index (χ3v) is 3.12. The molecule has 0 fully saturated rings. The van der Waals surface area contributed by atoms with Gasteiger partial charge in [0.1, 0.15) is 11.3 Å². The van der Waals surface area contributed by atoms with Gasteiger partial charge < -0.3 is 9.30 Å². The highest BCUT2D eigenvalue weighted by Crippen LogP contribution is 2.23. The van der Waals surface area contributed by atoms with E-state index in [-0.39, 0.29) is 5.56 Å². The second-order valence-corrected chi connectivity index (χ2v) is 4.31. The summed E-state index contributed by atoms with van der Waals surface area (Å²) in [6, 6.07) is 7.71. The number of hydrogen-bond donors (Lipinski definition) is 0. The van der Waals surface area contributed by atoms with Crippen LogP contribution in [0.1, 0.15) is 0 Å². The third kappa shape index (κ3) is 1.79. The van der Waals surface area contributed by atoms with Crippen molar-refractivity contribution in [2.75, 3.05) is 7.11 Å². The number of ether oxygens (including phenoxy) is 1. The largest absolute Gasteiger partial charge is 0.497 e. The van der Waals surface area contributed by atoms with E-state index >= 15 is 0 Å². The van der Waals surface area contributed by atoms with Gasteiger partial charge in [0.25, 0.3) is 5.56 Å². The van der Waals surface area contributed by atoms with Crippen LogP contribution in [0.5, 0.6) is 5.75 Å². The minimum absolute atomic E-state index is 0.0656. The Bertz CT molecular complexity index is 802. The summed E-state index contributed by atoms with van der Waals surface area (Å²) in [5.41, 5.74) is 2.36. The highest BCUT2D eigenvalue weighted by atomic mass is 16.5. The highest BCUT2D eigenvalue weighted by molar-refractivity contribution is 5.64. The minimum Gasteiger partial charge on any atom is -0.497 e. The fraction of sp³-hybridized carbons (Fsp3) is 0.143. The predicted octanol–water partition coefficient (Wildman–Crippen LogP) is 1.71. The number of aryl methyl sites for hydroxylation is 1. The van der Waals surface area contributed by atoms with Crippen LogP contribution in [0.2, 0.25) is 0 Å². The van der Waals surface area contributed by atoms with E-state index in [9.17, 15) is 4.79 Å². The molecule has 0 radical (unpaired) electrons. The molecule has 0 saturated carbocycles. The Labute approximate surface area is 109 Å². The zero-order chi connectivity index (χ0) is 13.4. The van der Waals surface area contributed by atoms with Gasteiger partial charge in [0.15, 0.2) is 0 Å². The maximum atomic E-state index is 12.0. The van der Waals surface area contributed by atoms with Gasteiger partial charge in [0, 0.05) is 18.8 Å². The molecule has 2 aromatic heterocycles. The van der Waals surface area contributed by atoms with Gasteiger partial charge in [-0.2, -0.15) is 0 Å². The molecule has 19 heavy (non-hydrogen) atoms. The Morgan fingerprint density at radius 2 is 2.16 bits per heavy atom. The molecule has 0 unspecified atom stereocenters. The summed E-state index contributed by atoms with van der Waals surface area (Å²) < 4.78 is 8.58. The summed E-state index contributed by atoms with van der Waals surface area (Å²) in [5.74, 6) is 0.777. The van der Waals surface area contributed by atoms with Crippen molar-refractivity contribution in [3.63, 3.8) is 0 Å². The molecule has 1 aromatic carbocycles. The van der Waals surface area contributed by atoms with Crippen LogP contribution in [-0.4, -0.2) is 21.1 Å². The van der Waals surface area contributed by atoms with Gasteiger partial charge in [0.05, 0.1) is 25.3 Å². The summed E-state index contributed by atoms with van der Waals surface area (Å²) >= 11 is 0. The first-order valence-electron chi connectivity index (χ1n) is 5.87. The van der Waals surface area contributed by atoms with Crippen molar-refractivity contribution in [2.24, 2.45) is 7.05 Å². The van der Waals surface area contributed by atoms with E-state index in [4.69, 9.17) is 4.74 Å². The van der Waals surface area contributed by atoms with Crippen molar-refractivity contribution in [1.29, 1.82) is 0 Å². The van der Waals surface area contributed by atoms with Gasteiger partial charge >= 0.3 is 0 Å². The van der Waals surface area contributed by atoms with Crippen LogP contribution in [0.4, 0.5) is 0 Å². The highest BCUT2D eigenvalue weighted by Gasteiger charge is 2.09. The SMILES string of the molecule is COc1cccc(-c2cn(C)c(=O)c3cncn23)c1. The molecule has 0 aliphatic carbocycles. The molecule has 5 nitrogen and oxygen atoms in total. The zero-order valence-electron chi connectivity index (χ0n) is 10.7. The molecule has 3 aromatic rings. The van der Waals surface area contributed by atoms with E-state index in [1.165, 1.54) is 0 Å². The molecule has 0 amide bonds. The zero-order valence-corrected chi connectivity index (χ0v) is 10.7. The van der Waals surface area contributed by atoms with Crippen molar-refractivity contribution in [1.82, 2.24) is 14.0 Å². The van der Waals surface area contributed by atoms with Crippen molar-refractivity contribution in [3.05, 3.63) is 53.3 Å². The Kier molecular flexibility index (Phi) is 2.59. The maximum Gasteiger partial charge on any atom is 0.276 e. The summed E-state index contributed by atoms with van der Waals surface area (Å²) in [4.78, 5) is 16.0. The lowest BCUT2D eigenvalue weighted by molar-refractivity contribution is 0.415. The van der Waals surface area contributed by atoms with Crippen molar-refractivity contribution >= 4 is 5.52 Å². The topological polar surface area (TPSA) is 48.5 Å². The number of methoxy groups -OCH3 is 1. The predicted molar refractivity (Wildman–Crippen MR) is 72.4 cm³/mol. The Morgan fingerprint density at radius 3 is 2.95 bits per heavy atom. The Balaban J connectivity index is 2.33. The second kappa shape index (κ2) is 4.28. The molecule has 0 atom stereocenters. The molecule has 96 valence electrons. The van der Waals surface area contributed by atoms with Crippen LogP contribution in [0.25, 0.3) is 16.8 Å². The van der Waals surface area contributed by atoms with E-state index in [0.717, 1.165) is 17.0 Å². The minimum atomic E-state index is -0.0656. The number of rotatable bonds is 2. The lowest BCUT2D eigenvalue weighted by atomic mass is 10.1. The first-order chi connectivity index (χ1) is 9.20. The molecule has 3 rings (SSSR count). The van der Waals surface area contributed by atoms with Crippen molar-refractivity contribution in [3.8, 4) is 17.0 Å². The van der Waals surface area contributed by atoms with Crippen LogP contribution in [0, 0.1) is 0 Å². The summed E-state index contributed by atoms with van der Waals surface area (Å²) in [7, 11) is 3.37. The van der Waals surface area contributed by atoms with E-state index in [0.29, 0.717) is 5.52 Å². The van der Waals surface area contributed by atoms with Gasteiger partial charge in [0.2, 0.25) is 0 Å².